The lowest BCUT2D eigenvalue weighted by Crippen LogP contribution is -2.25. The fourth-order valence-electron chi connectivity index (χ4n) is 1.85. The van der Waals surface area contributed by atoms with E-state index in [0.29, 0.717) is 17.4 Å². The van der Waals surface area contributed by atoms with Crippen molar-refractivity contribution in [3.63, 3.8) is 0 Å². The highest BCUT2D eigenvalue weighted by Crippen LogP contribution is 2.17. The van der Waals surface area contributed by atoms with Gasteiger partial charge in [0.15, 0.2) is 5.82 Å². The minimum absolute atomic E-state index is 0.451. The van der Waals surface area contributed by atoms with Crippen molar-refractivity contribution in [2.75, 3.05) is 19.6 Å². The molecule has 2 aromatic rings. The van der Waals surface area contributed by atoms with Gasteiger partial charge in [0.25, 0.3) is 5.89 Å². The van der Waals surface area contributed by atoms with E-state index in [2.05, 4.69) is 33.9 Å². The standard InChI is InChI=1S/C13H17N5O/c1-3-18(4-2)6-5-12-16-13(19-17-12)10-7-11(8-14)15-9-10/h7,9,15H,3-6H2,1-2H3. The summed E-state index contributed by atoms with van der Waals surface area (Å²) in [5.41, 5.74) is 1.23. The summed E-state index contributed by atoms with van der Waals surface area (Å²) in [4.78, 5) is 9.48. The molecule has 0 unspecified atom stereocenters. The number of nitrogens with one attached hydrogen (secondary N) is 1. The molecule has 100 valence electrons. The zero-order valence-electron chi connectivity index (χ0n) is 11.2. The lowest BCUT2D eigenvalue weighted by atomic mass is 10.3. The number of aromatic nitrogens is 3. The van der Waals surface area contributed by atoms with Crippen LogP contribution in [0.25, 0.3) is 11.5 Å². The Morgan fingerprint density at radius 3 is 2.84 bits per heavy atom. The van der Waals surface area contributed by atoms with Gasteiger partial charge in [0.2, 0.25) is 0 Å². The SMILES string of the molecule is CCN(CC)CCc1noc(-c2c[nH]c(C#N)c2)n1. The number of nitriles is 1. The fourth-order valence-corrected chi connectivity index (χ4v) is 1.85. The predicted octanol–water partition coefficient (Wildman–Crippen LogP) is 1.82. The molecule has 1 N–H and O–H groups in total. The number of hydrogen-bond acceptors (Lipinski definition) is 5. The Balaban J connectivity index is 2.01. The molecule has 0 aliphatic rings. The van der Waals surface area contributed by atoms with Crippen molar-refractivity contribution < 1.29 is 4.52 Å². The molecule has 19 heavy (non-hydrogen) atoms. The van der Waals surface area contributed by atoms with Gasteiger partial charge in [-0.1, -0.05) is 19.0 Å². The van der Waals surface area contributed by atoms with Gasteiger partial charge in [0, 0.05) is 19.2 Å². The highest BCUT2D eigenvalue weighted by molar-refractivity contribution is 5.54. The molecule has 6 nitrogen and oxygen atoms in total. The molecule has 0 aliphatic heterocycles. The van der Waals surface area contributed by atoms with Crippen LogP contribution in [0.1, 0.15) is 25.4 Å². The van der Waals surface area contributed by atoms with E-state index in [1.807, 2.05) is 6.07 Å². The second-order valence-corrected chi connectivity index (χ2v) is 4.21. The molecular formula is C13H17N5O. The number of likely N-dealkylation sites (N-methyl/N-ethyl adjacent to an activating group) is 1. The average Bonchev–Trinajstić information content (AvgIpc) is 3.08. The Morgan fingerprint density at radius 1 is 1.42 bits per heavy atom. The number of H-pyrrole nitrogens is 1. The maximum absolute atomic E-state index is 8.75. The monoisotopic (exact) mass is 259 g/mol. The Bertz CT molecular complexity index is 562. The van der Waals surface area contributed by atoms with Crippen molar-refractivity contribution in [1.82, 2.24) is 20.0 Å². The zero-order chi connectivity index (χ0) is 13.7. The van der Waals surface area contributed by atoms with E-state index < -0.39 is 0 Å². The third kappa shape index (κ3) is 3.20. The first-order chi connectivity index (χ1) is 9.26. The highest BCUT2D eigenvalue weighted by Gasteiger charge is 2.11. The molecule has 0 saturated heterocycles. The molecule has 0 spiro atoms. The first kappa shape index (κ1) is 13.3. The summed E-state index contributed by atoms with van der Waals surface area (Å²) in [6.07, 6.45) is 2.46. The second kappa shape index (κ2) is 6.16. The Labute approximate surface area is 112 Å². The van der Waals surface area contributed by atoms with E-state index in [1.54, 1.807) is 12.3 Å². The quantitative estimate of drug-likeness (QED) is 0.855. The van der Waals surface area contributed by atoms with Crippen molar-refractivity contribution in [1.29, 1.82) is 5.26 Å². The molecule has 2 rings (SSSR count). The summed E-state index contributed by atoms with van der Waals surface area (Å²) in [7, 11) is 0. The minimum atomic E-state index is 0.451. The summed E-state index contributed by atoms with van der Waals surface area (Å²) < 4.78 is 5.20. The number of nitrogens with zero attached hydrogens (tertiary/aromatic N) is 4. The van der Waals surface area contributed by atoms with Crippen LogP contribution < -0.4 is 0 Å². The number of rotatable bonds is 6. The van der Waals surface area contributed by atoms with Gasteiger partial charge in [0.05, 0.1) is 5.56 Å². The molecule has 0 bridgehead atoms. The van der Waals surface area contributed by atoms with E-state index in [0.717, 1.165) is 31.6 Å². The minimum Gasteiger partial charge on any atom is -0.352 e. The summed E-state index contributed by atoms with van der Waals surface area (Å²) >= 11 is 0. The van der Waals surface area contributed by atoms with Gasteiger partial charge in [-0.3, -0.25) is 0 Å². The Morgan fingerprint density at radius 2 is 2.21 bits per heavy atom. The normalized spacial score (nSPS) is 10.8. The highest BCUT2D eigenvalue weighted by atomic mass is 16.5. The van der Waals surface area contributed by atoms with Crippen molar-refractivity contribution >= 4 is 0 Å². The molecule has 2 heterocycles. The van der Waals surface area contributed by atoms with Crippen molar-refractivity contribution in [2.45, 2.75) is 20.3 Å². The maximum atomic E-state index is 8.75. The smallest absolute Gasteiger partial charge is 0.259 e. The molecule has 0 fully saturated rings. The van der Waals surface area contributed by atoms with Gasteiger partial charge in [-0.25, -0.2) is 0 Å². The van der Waals surface area contributed by atoms with Crippen molar-refractivity contribution in [3.05, 3.63) is 23.8 Å². The van der Waals surface area contributed by atoms with Crippen LogP contribution in [-0.4, -0.2) is 39.7 Å². The first-order valence-electron chi connectivity index (χ1n) is 6.40. The van der Waals surface area contributed by atoms with Gasteiger partial charge in [0.1, 0.15) is 11.8 Å². The molecule has 0 amide bonds. The van der Waals surface area contributed by atoms with Crippen molar-refractivity contribution in [3.8, 4) is 17.5 Å². The lowest BCUT2D eigenvalue weighted by molar-refractivity contribution is 0.303. The number of hydrogen-bond donors (Lipinski definition) is 1. The van der Waals surface area contributed by atoms with Crippen LogP contribution >= 0.6 is 0 Å². The Hall–Kier alpha value is -2.13. The maximum Gasteiger partial charge on any atom is 0.259 e. The molecule has 0 atom stereocenters. The van der Waals surface area contributed by atoms with Gasteiger partial charge >= 0.3 is 0 Å². The predicted molar refractivity (Wildman–Crippen MR) is 70.3 cm³/mol. The van der Waals surface area contributed by atoms with E-state index in [4.69, 9.17) is 9.78 Å². The van der Waals surface area contributed by atoms with Gasteiger partial charge < -0.3 is 14.4 Å². The molecule has 6 heteroatoms. The zero-order valence-corrected chi connectivity index (χ0v) is 11.2. The van der Waals surface area contributed by atoms with Crippen LogP contribution in [0.2, 0.25) is 0 Å². The second-order valence-electron chi connectivity index (χ2n) is 4.21. The van der Waals surface area contributed by atoms with Crippen LogP contribution in [0, 0.1) is 11.3 Å². The molecule has 0 saturated carbocycles. The Kier molecular flexibility index (Phi) is 4.31. The fraction of sp³-hybridized carbons (Fsp3) is 0.462. The van der Waals surface area contributed by atoms with Gasteiger partial charge in [-0.2, -0.15) is 10.2 Å². The average molecular weight is 259 g/mol. The largest absolute Gasteiger partial charge is 0.352 e. The first-order valence-corrected chi connectivity index (χ1v) is 6.40. The molecule has 0 radical (unpaired) electrons. The summed E-state index contributed by atoms with van der Waals surface area (Å²) in [5, 5.41) is 12.7. The van der Waals surface area contributed by atoms with Crippen LogP contribution in [0.15, 0.2) is 16.8 Å². The number of aromatic amines is 1. The van der Waals surface area contributed by atoms with Crippen LogP contribution in [-0.2, 0) is 6.42 Å². The molecule has 0 aliphatic carbocycles. The van der Waals surface area contributed by atoms with Crippen LogP contribution in [0.5, 0.6) is 0 Å². The molecule has 0 aromatic carbocycles. The van der Waals surface area contributed by atoms with Crippen molar-refractivity contribution in [2.24, 2.45) is 0 Å². The van der Waals surface area contributed by atoms with E-state index >= 15 is 0 Å². The summed E-state index contributed by atoms with van der Waals surface area (Å²) in [6, 6.07) is 3.72. The molecule has 2 aromatic heterocycles. The van der Waals surface area contributed by atoms with E-state index in [9.17, 15) is 0 Å². The third-order valence-corrected chi connectivity index (χ3v) is 3.06. The lowest BCUT2D eigenvalue weighted by Gasteiger charge is -2.16. The van der Waals surface area contributed by atoms with Crippen LogP contribution in [0.3, 0.4) is 0 Å². The van der Waals surface area contributed by atoms with Gasteiger partial charge in [-0.15, -0.1) is 0 Å². The third-order valence-electron chi connectivity index (χ3n) is 3.06. The summed E-state index contributed by atoms with van der Waals surface area (Å²) in [6.45, 7) is 7.22. The van der Waals surface area contributed by atoms with E-state index in [-0.39, 0.29) is 0 Å². The van der Waals surface area contributed by atoms with Crippen LogP contribution in [0.4, 0.5) is 0 Å². The van der Waals surface area contributed by atoms with Gasteiger partial charge in [-0.05, 0) is 19.2 Å². The van der Waals surface area contributed by atoms with E-state index in [1.165, 1.54) is 0 Å². The summed E-state index contributed by atoms with van der Waals surface area (Å²) in [5.74, 6) is 1.15. The molecular weight excluding hydrogens is 242 g/mol. The topological polar surface area (TPSA) is 81.7 Å².